The van der Waals surface area contributed by atoms with Crippen LogP contribution in [-0.4, -0.2) is 41.1 Å². The monoisotopic (exact) mass is 242 g/mol. The van der Waals surface area contributed by atoms with Crippen LogP contribution in [0, 0.1) is 5.92 Å². The summed E-state index contributed by atoms with van der Waals surface area (Å²) in [7, 11) is 1.54. The number of nitrogens with one attached hydrogen (secondary N) is 1. The summed E-state index contributed by atoms with van der Waals surface area (Å²) in [4.78, 5) is 24.0. The molecule has 3 unspecified atom stereocenters. The van der Waals surface area contributed by atoms with Gasteiger partial charge in [-0.25, -0.2) is 9.59 Å². The summed E-state index contributed by atoms with van der Waals surface area (Å²) in [5.41, 5.74) is 0. The molecule has 0 aliphatic heterocycles. The summed E-state index contributed by atoms with van der Waals surface area (Å²) in [5.74, 6) is -0.367. The fourth-order valence-electron chi connectivity index (χ4n) is 2.13. The van der Waals surface area contributed by atoms with Gasteiger partial charge in [0.15, 0.2) is 0 Å². The van der Waals surface area contributed by atoms with Crippen LogP contribution in [0.2, 0.25) is 0 Å². The molecule has 0 saturated heterocycles. The van der Waals surface area contributed by atoms with Crippen LogP contribution >= 0.6 is 0 Å². The standard InChI is InChI=1S/C12H22N2O3/c1-4-6-8-7-9(8)13-12(17)14(3)10(5-2)11(15)16/h8-10H,4-7H2,1-3H3,(H,13,17)(H,15,16). The minimum Gasteiger partial charge on any atom is -0.480 e. The second-order valence-corrected chi connectivity index (χ2v) is 4.71. The summed E-state index contributed by atoms with van der Waals surface area (Å²) in [6.45, 7) is 3.89. The average Bonchev–Trinajstić information content (AvgIpc) is 2.97. The van der Waals surface area contributed by atoms with Gasteiger partial charge < -0.3 is 15.3 Å². The van der Waals surface area contributed by atoms with Gasteiger partial charge in [0.05, 0.1) is 0 Å². The molecule has 1 aliphatic rings. The Balaban J connectivity index is 2.40. The van der Waals surface area contributed by atoms with E-state index in [1.54, 1.807) is 6.92 Å². The first-order valence-electron chi connectivity index (χ1n) is 6.27. The van der Waals surface area contributed by atoms with E-state index in [4.69, 9.17) is 5.11 Å². The topological polar surface area (TPSA) is 69.6 Å². The van der Waals surface area contributed by atoms with Gasteiger partial charge in [0.1, 0.15) is 6.04 Å². The average molecular weight is 242 g/mol. The molecular formula is C12H22N2O3. The molecule has 0 aromatic rings. The molecule has 0 heterocycles. The Morgan fingerprint density at radius 1 is 1.47 bits per heavy atom. The Kier molecular flexibility index (Phi) is 4.78. The Labute approximate surface area is 102 Å². The highest BCUT2D eigenvalue weighted by molar-refractivity contribution is 5.82. The van der Waals surface area contributed by atoms with Crippen molar-refractivity contribution in [2.45, 2.75) is 51.6 Å². The molecule has 5 heteroatoms. The molecule has 17 heavy (non-hydrogen) atoms. The molecule has 1 fully saturated rings. The van der Waals surface area contributed by atoms with Crippen molar-refractivity contribution in [1.82, 2.24) is 10.2 Å². The normalized spacial score (nSPS) is 23.9. The number of likely N-dealkylation sites (N-methyl/N-ethyl adjacent to an activating group) is 1. The molecule has 98 valence electrons. The van der Waals surface area contributed by atoms with Crippen LogP contribution < -0.4 is 5.32 Å². The number of hydrogen-bond donors (Lipinski definition) is 2. The van der Waals surface area contributed by atoms with Crippen molar-refractivity contribution in [2.75, 3.05) is 7.05 Å². The predicted octanol–water partition coefficient (Wildman–Crippen LogP) is 1.68. The van der Waals surface area contributed by atoms with Crippen LogP contribution in [0.4, 0.5) is 4.79 Å². The number of urea groups is 1. The highest BCUT2D eigenvalue weighted by Crippen LogP contribution is 2.34. The van der Waals surface area contributed by atoms with Gasteiger partial charge in [0.25, 0.3) is 0 Å². The molecular weight excluding hydrogens is 220 g/mol. The zero-order valence-corrected chi connectivity index (χ0v) is 10.8. The number of carboxylic acid groups (broad SMARTS) is 1. The minimum absolute atomic E-state index is 0.246. The van der Waals surface area contributed by atoms with Crippen LogP contribution in [0.1, 0.15) is 39.5 Å². The van der Waals surface area contributed by atoms with E-state index < -0.39 is 12.0 Å². The highest BCUT2D eigenvalue weighted by Gasteiger charge is 2.38. The Morgan fingerprint density at radius 2 is 2.12 bits per heavy atom. The largest absolute Gasteiger partial charge is 0.480 e. The molecule has 0 aromatic carbocycles. The zero-order chi connectivity index (χ0) is 13.0. The summed E-state index contributed by atoms with van der Waals surface area (Å²) < 4.78 is 0. The maximum absolute atomic E-state index is 11.8. The lowest BCUT2D eigenvalue weighted by atomic mass is 10.2. The van der Waals surface area contributed by atoms with E-state index in [9.17, 15) is 9.59 Å². The summed E-state index contributed by atoms with van der Waals surface area (Å²) in [6.07, 6.45) is 3.70. The molecule has 0 bridgehead atoms. The van der Waals surface area contributed by atoms with Crippen molar-refractivity contribution in [3.05, 3.63) is 0 Å². The van der Waals surface area contributed by atoms with Crippen molar-refractivity contribution >= 4 is 12.0 Å². The number of amides is 2. The second-order valence-electron chi connectivity index (χ2n) is 4.71. The van der Waals surface area contributed by atoms with Crippen LogP contribution in [-0.2, 0) is 4.79 Å². The quantitative estimate of drug-likeness (QED) is 0.744. The minimum atomic E-state index is -0.953. The van der Waals surface area contributed by atoms with Crippen LogP contribution in [0.15, 0.2) is 0 Å². The molecule has 1 rings (SSSR count). The van der Waals surface area contributed by atoms with E-state index in [0.717, 1.165) is 19.3 Å². The van der Waals surface area contributed by atoms with Gasteiger partial charge in [0, 0.05) is 13.1 Å². The van der Waals surface area contributed by atoms with Gasteiger partial charge >= 0.3 is 12.0 Å². The van der Waals surface area contributed by atoms with Crippen molar-refractivity contribution < 1.29 is 14.7 Å². The Hall–Kier alpha value is -1.26. The first kappa shape index (κ1) is 13.8. The molecule has 3 atom stereocenters. The number of hydrogen-bond acceptors (Lipinski definition) is 2. The summed E-state index contributed by atoms with van der Waals surface area (Å²) in [5, 5.41) is 11.8. The molecule has 5 nitrogen and oxygen atoms in total. The van der Waals surface area contributed by atoms with E-state index in [1.807, 2.05) is 0 Å². The Morgan fingerprint density at radius 3 is 2.59 bits per heavy atom. The molecule has 2 N–H and O–H groups in total. The molecule has 1 aliphatic carbocycles. The van der Waals surface area contributed by atoms with E-state index in [1.165, 1.54) is 11.9 Å². The van der Waals surface area contributed by atoms with Crippen molar-refractivity contribution in [2.24, 2.45) is 5.92 Å². The highest BCUT2D eigenvalue weighted by atomic mass is 16.4. The Bertz CT molecular complexity index is 293. The first-order chi connectivity index (χ1) is 8.01. The van der Waals surface area contributed by atoms with E-state index in [2.05, 4.69) is 12.2 Å². The summed E-state index contributed by atoms with van der Waals surface area (Å²) >= 11 is 0. The molecule has 2 amide bonds. The second kappa shape index (κ2) is 5.89. The number of nitrogens with zero attached hydrogens (tertiary/aromatic N) is 1. The molecule has 0 aromatic heterocycles. The number of carbonyl (C=O) groups is 2. The van der Waals surface area contributed by atoms with Gasteiger partial charge in [0.2, 0.25) is 0 Å². The van der Waals surface area contributed by atoms with Gasteiger partial charge in [-0.2, -0.15) is 0 Å². The van der Waals surface area contributed by atoms with Crippen molar-refractivity contribution in [1.29, 1.82) is 0 Å². The third-order valence-electron chi connectivity index (χ3n) is 3.35. The lowest BCUT2D eigenvalue weighted by molar-refractivity contribution is -0.141. The van der Waals surface area contributed by atoms with Gasteiger partial charge in [-0.3, -0.25) is 0 Å². The number of rotatable bonds is 6. The number of carbonyl (C=O) groups excluding carboxylic acids is 1. The van der Waals surface area contributed by atoms with E-state index >= 15 is 0 Å². The third-order valence-corrected chi connectivity index (χ3v) is 3.35. The lowest BCUT2D eigenvalue weighted by Gasteiger charge is -2.24. The van der Waals surface area contributed by atoms with Crippen molar-refractivity contribution in [3.8, 4) is 0 Å². The SMILES string of the molecule is CCCC1CC1NC(=O)N(C)C(CC)C(=O)O. The predicted molar refractivity (Wildman–Crippen MR) is 64.8 cm³/mol. The van der Waals surface area contributed by atoms with Gasteiger partial charge in [-0.1, -0.05) is 20.3 Å². The van der Waals surface area contributed by atoms with Crippen LogP contribution in [0.25, 0.3) is 0 Å². The third kappa shape index (κ3) is 3.61. The number of carboxylic acids is 1. The number of aliphatic carboxylic acids is 1. The fraction of sp³-hybridized carbons (Fsp3) is 0.833. The van der Waals surface area contributed by atoms with E-state index in [-0.39, 0.29) is 12.1 Å². The summed E-state index contributed by atoms with van der Waals surface area (Å²) in [6, 6.07) is -0.766. The smallest absolute Gasteiger partial charge is 0.326 e. The van der Waals surface area contributed by atoms with Crippen LogP contribution in [0.5, 0.6) is 0 Å². The fourth-order valence-corrected chi connectivity index (χ4v) is 2.13. The van der Waals surface area contributed by atoms with Crippen molar-refractivity contribution in [3.63, 3.8) is 0 Å². The van der Waals surface area contributed by atoms with Gasteiger partial charge in [-0.15, -0.1) is 0 Å². The molecule has 0 spiro atoms. The maximum Gasteiger partial charge on any atom is 0.326 e. The zero-order valence-electron chi connectivity index (χ0n) is 10.8. The van der Waals surface area contributed by atoms with Crippen LogP contribution in [0.3, 0.4) is 0 Å². The maximum atomic E-state index is 11.8. The molecule has 0 radical (unpaired) electrons. The first-order valence-corrected chi connectivity index (χ1v) is 6.27. The lowest BCUT2D eigenvalue weighted by Crippen LogP contribution is -2.47. The van der Waals surface area contributed by atoms with Gasteiger partial charge in [-0.05, 0) is 25.2 Å². The molecule has 1 saturated carbocycles. The van der Waals surface area contributed by atoms with E-state index in [0.29, 0.717) is 12.3 Å².